The molecule has 0 spiro atoms. The molecule has 3 rings (SSSR count). The van der Waals surface area contributed by atoms with Crippen molar-refractivity contribution in [1.82, 2.24) is 0 Å². The van der Waals surface area contributed by atoms with Crippen LogP contribution in [0.1, 0.15) is 5.56 Å². The minimum Gasteiger partial charge on any atom is -1.00 e. The van der Waals surface area contributed by atoms with Gasteiger partial charge in [-0.25, -0.2) is 0 Å². The highest BCUT2D eigenvalue weighted by molar-refractivity contribution is 5.74. The molecule has 96 valence electrons. The first-order valence-corrected chi connectivity index (χ1v) is 6.34. The van der Waals surface area contributed by atoms with E-state index in [4.69, 9.17) is 0 Å². The molecule has 0 aliphatic rings. The molecular weight excluding hydrogens is 298 g/mol. The third-order valence-corrected chi connectivity index (χ3v) is 3.27. The monoisotopic (exact) mass is 313 g/mol. The van der Waals surface area contributed by atoms with Crippen molar-refractivity contribution in [2.75, 3.05) is 0 Å². The number of para-hydroxylation sites is 1. The van der Waals surface area contributed by atoms with Crippen LogP contribution in [0, 0.1) is 0 Å². The molecule has 0 radical (unpaired) electrons. The number of nitrogens with zero attached hydrogens (tertiary/aromatic N) is 1. The summed E-state index contributed by atoms with van der Waals surface area (Å²) in [7, 11) is 0. The summed E-state index contributed by atoms with van der Waals surface area (Å²) in [5, 5.41) is 1.30. The van der Waals surface area contributed by atoms with E-state index >= 15 is 0 Å². The lowest BCUT2D eigenvalue weighted by atomic mass is 10.1. The smallest absolute Gasteiger partial charge is 0.212 e. The number of halogens is 1. The standard InChI is InChI=1S/C17H16N.BrH/c1-2-7-15(8-3-1)12-14-18-13-6-10-16-9-4-5-11-17(16)18;/h1-11,13H,12,14H2;1H/q+1;/p-1. The van der Waals surface area contributed by atoms with E-state index in [0.29, 0.717) is 0 Å². The van der Waals surface area contributed by atoms with Crippen molar-refractivity contribution in [2.45, 2.75) is 13.0 Å². The van der Waals surface area contributed by atoms with Crippen LogP contribution in [0.5, 0.6) is 0 Å². The molecule has 0 saturated heterocycles. The third-order valence-electron chi connectivity index (χ3n) is 3.27. The average Bonchev–Trinajstić information content (AvgIpc) is 2.46. The van der Waals surface area contributed by atoms with E-state index in [1.165, 1.54) is 16.5 Å². The van der Waals surface area contributed by atoms with Crippen LogP contribution in [0.4, 0.5) is 0 Å². The second-order valence-electron chi connectivity index (χ2n) is 4.50. The molecule has 3 aromatic rings. The fourth-order valence-corrected chi connectivity index (χ4v) is 2.31. The molecule has 0 bridgehead atoms. The number of hydrogen-bond acceptors (Lipinski definition) is 0. The van der Waals surface area contributed by atoms with E-state index < -0.39 is 0 Å². The molecule has 19 heavy (non-hydrogen) atoms. The van der Waals surface area contributed by atoms with Crippen molar-refractivity contribution < 1.29 is 21.5 Å². The summed E-state index contributed by atoms with van der Waals surface area (Å²) < 4.78 is 2.32. The molecule has 0 aliphatic carbocycles. The molecule has 0 fully saturated rings. The van der Waals surface area contributed by atoms with E-state index in [1.807, 2.05) is 0 Å². The van der Waals surface area contributed by atoms with Crippen LogP contribution in [-0.2, 0) is 13.0 Å². The van der Waals surface area contributed by atoms with Gasteiger partial charge in [0.25, 0.3) is 0 Å². The van der Waals surface area contributed by atoms with Crippen molar-refractivity contribution in [3.05, 3.63) is 78.5 Å². The van der Waals surface area contributed by atoms with Gasteiger partial charge in [0.2, 0.25) is 5.52 Å². The van der Waals surface area contributed by atoms with Crippen LogP contribution in [-0.4, -0.2) is 0 Å². The number of rotatable bonds is 3. The second kappa shape index (κ2) is 6.48. The van der Waals surface area contributed by atoms with Gasteiger partial charge >= 0.3 is 0 Å². The van der Waals surface area contributed by atoms with Gasteiger partial charge in [-0.2, -0.15) is 4.57 Å². The van der Waals surface area contributed by atoms with Gasteiger partial charge in [0, 0.05) is 23.9 Å². The van der Waals surface area contributed by atoms with Crippen LogP contribution >= 0.6 is 0 Å². The first-order valence-electron chi connectivity index (χ1n) is 6.34. The lowest BCUT2D eigenvalue weighted by molar-refractivity contribution is -0.670. The Balaban J connectivity index is 0.00000133. The van der Waals surface area contributed by atoms with Gasteiger partial charge in [-0.15, -0.1) is 0 Å². The first-order chi connectivity index (χ1) is 8.93. The van der Waals surface area contributed by atoms with Crippen molar-refractivity contribution in [1.29, 1.82) is 0 Å². The van der Waals surface area contributed by atoms with E-state index in [1.54, 1.807) is 0 Å². The molecule has 1 aromatic heterocycles. The average molecular weight is 314 g/mol. The summed E-state index contributed by atoms with van der Waals surface area (Å²) in [6.45, 7) is 1.02. The van der Waals surface area contributed by atoms with Gasteiger partial charge in [0.05, 0.1) is 0 Å². The Labute approximate surface area is 124 Å². The Morgan fingerprint density at radius 1 is 0.737 bits per heavy atom. The van der Waals surface area contributed by atoms with Crippen molar-refractivity contribution in [3.63, 3.8) is 0 Å². The summed E-state index contributed by atoms with van der Waals surface area (Å²) in [5.74, 6) is 0. The van der Waals surface area contributed by atoms with E-state index in [-0.39, 0.29) is 17.0 Å². The summed E-state index contributed by atoms with van der Waals surface area (Å²) >= 11 is 0. The highest BCUT2D eigenvalue weighted by Crippen LogP contribution is 2.08. The van der Waals surface area contributed by atoms with Gasteiger partial charge < -0.3 is 17.0 Å². The Bertz CT molecular complexity index is 644. The zero-order valence-corrected chi connectivity index (χ0v) is 12.3. The largest absolute Gasteiger partial charge is 1.00 e. The van der Waals surface area contributed by atoms with E-state index in [9.17, 15) is 0 Å². The highest BCUT2D eigenvalue weighted by Gasteiger charge is 2.06. The van der Waals surface area contributed by atoms with Crippen LogP contribution in [0.2, 0.25) is 0 Å². The normalized spacial score (nSPS) is 10.1. The summed E-state index contributed by atoms with van der Waals surface area (Å²) in [6, 6.07) is 23.4. The fraction of sp³-hybridized carbons (Fsp3) is 0.118. The van der Waals surface area contributed by atoms with E-state index in [0.717, 1.165) is 13.0 Å². The number of fused-ring (bicyclic) bond motifs is 1. The molecular formula is C17H16BrN. The summed E-state index contributed by atoms with van der Waals surface area (Å²) in [4.78, 5) is 0. The lowest BCUT2D eigenvalue weighted by Gasteiger charge is -2.01. The Kier molecular flexibility index (Phi) is 4.69. The van der Waals surface area contributed by atoms with Crippen molar-refractivity contribution in [2.24, 2.45) is 0 Å². The zero-order chi connectivity index (χ0) is 12.2. The van der Waals surface area contributed by atoms with Crippen LogP contribution in [0.25, 0.3) is 10.9 Å². The number of hydrogen-bond donors (Lipinski definition) is 0. The van der Waals surface area contributed by atoms with Gasteiger partial charge in [0.1, 0.15) is 0 Å². The third kappa shape index (κ3) is 3.21. The molecule has 2 aromatic carbocycles. The maximum Gasteiger partial charge on any atom is 0.212 e. The first kappa shape index (κ1) is 13.8. The van der Waals surface area contributed by atoms with Crippen molar-refractivity contribution in [3.8, 4) is 0 Å². The maximum absolute atomic E-state index is 2.32. The van der Waals surface area contributed by atoms with Gasteiger partial charge in [-0.05, 0) is 17.7 Å². The highest BCUT2D eigenvalue weighted by atomic mass is 79.9. The van der Waals surface area contributed by atoms with Crippen LogP contribution in [0.3, 0.4) is 0 Å². The maximum atomic E-state index is 2.32. The summed E-state index contributed by atoms with van der Waals surface area (Å²) in [5.41, 5.74) is 2.69. The molecule has 2 heteroatoms. The number of pyridine rings is 1. The van der Waals surface area contributed by atoms with Gasteiger partial charge in [-0.3, -0.25) is 0 Å². The Morgan fingerprint density at radius 2 is 1.42 bits per heavy atom. The second-order valence-corrected chi connectivity index (χ2v) is 4.50. The number of benzene rings is 2. The molecule has 0 atom stereocenters. The van der Waals surface area contributed by atoms with E-state index in [2.05, 4.69) is 77.5 Å². The predicted molar refractivity (Wildman–Crippen MR) is 74.3 cm³/mol. The minimum absolute atomic E-state index is 0. The lowest BCUT2D eigenvalue weighted by Crippen LogP contribution is -3.00. The Hall–Kier alpha value is -1.67. The van der Waals surface area contributed by atoms with Crippen LogP contribution < -0.4 is 21.5 Å². The molecule has 0 unspecified atom stereocenters. The zero-order valence-electron chi connectivity index (χ0n) is 10.7. The summed E-state index contributed by atoms with van der Waals surface area (Å²) in [6.07, 6.45) is 3.23. The molecule has 0 amide bonds. The molecule has 0 N–H and O–H groups in total. The Morgan fingerprint density at radius 3 is 2.26 bits per heavy atom. The molecule has 0 aliphatic heterocycles. The topological polar surface area (TPSA) is 3.88 Å². The number of aromatic nitrogens is 1. The molecule has 1 nitrogen and oxygen atoms in total. The minimum atomic E-state index is 0. The molecule has 1 heterocycles. The van der Waals surface area contributed by atoms with Gasteiger partial charge in [0.15, 0.2) is 12.7 Å². The fourth-order valence-electron chi connectivity index (χ4n) is 2.31. The SMILES string of the molecule is [Br-].c1ccc(CC[n+]2cccc3ccccc32)cc1. The quantitative estimate of drug-likeness (QED) is 0.615. The number of aryl methyl sites for hydroxylation is 2. The predicted octanol–water partition coefficient (Wildman–Crippen LogP) is 0.374. The molecule has 0 saturated carbocycles. The van der Waals surface area contributed by atoms with Gasteiger partial charge in [-0.1, -0.05) is 42.5 Å². The van der Waals surface area contributed by atoms with Crippen LogP contribution in [0.15, 0.2) is 72.9 Å². The van der Waals surface area contributed by atoms with Crippen molar-refractivity contribution >= 4 is 10.9 Å².